The molecule has 1 aliphatic rings. The summed E-state index contributed by atoms with van der Waals surface area (Å²) in [5.41, 5.74) is 2.46. The van der Waals surface area contributed by atoms with Crippen LogP contribution in [0.4, 0.5) is 4.39 Å². The van der Waals surface area contributed by atoms with E-state index < -0.39 is 15.8 Å². The summed E-state index contributed by atoms with van der Waals surface area (Å²) in [6, 6.07) is 14.5. The zero-order valence-electron chi connectivity index (χ0n) is 21.6. The molecular formula is C28H33FN4O4S. The van der Waals surface area contributed by atoms with Gasteiger partial charge in [0.05, 0.1) is 4.90 Å². The molecule has 3 aromatic rings. The molecule has 1 fully saturated rings. The van der Waals surface area contributed by atoms with E-state index in [1.807, 2.05) is 25.1 Å². The Morgan fingerprint density at radius 1 is 1.18 bits per heavy atom. The van der Waals surface area contributed by atoms with Crippen molar-refractivity contribution >= 4 is 15.9 Å². The molecule has 1 aromatic heterocycles. The van der Waals surface area contributed by atoms with Crippen LogP contribution in [0.1, 0.15) is 30.0 Å². The summed E-state index contributed by atoms with van der Waals surface area (Å²) < 4.78 is 48.2. The molecule has 202 valence electrons. The maximum Gasteiger partial charge on any atom is 0.243 e. The molecule has 2 N–H and O–H groups in total. The molecule has 4 rings (SSSR count). The highest BCUT2D eigenvalue weighted by Gasteiger charge is 2.31. The molecule has 2 heterocycles. The molecule has 0 aliphatic carbocycles. The average Bonchev–Trinajstić information content (AvgIpc) is 2.87. The lowest BCUT2D eigenvalue weighted by atomic mass is 9.98. The average molecular weight is 541 g/mol. The highest BCUT2D eigenvalue weighted by Crippen LogP contribution is 2.22. The van der Waals surface area contributed by atoms with Crippen LogP contribution in [0, 0.1) is 12.7 Å². The third-order valence-corrected chi connectivity index (χ3v) is 8.25. The number of nitrogens with one attached hydrogen (secondary N) is 2. The molecule has 8 nitrogen and oxygen atoms in total. The number of carbonyl (C=O) groups is 1. The fraction of sp³-hybridized carbons (Fsp3) is 0.357. The minimum Gasteiger partial charge on any atom is -0.489 e. The predicted octanol–water partition coefficient (Wildman–Crippen LogP) is 3.21. The lowest BCUT2D eigenvalue weighted by Crippen LogP contribution is -2.54. The summed E-state index contributed by atoms with van der Waals surface area (Å²) in [7, 11) is -3.64. The number of aromatic nitrogens is 1. The molecule has 0 saturated carbocycles. The van der Waals surface area contributed by atoms with Gasteiger partial charge in [-0.2, -0.15) is 4.31 Å². The third kappa shape index (κ3) is 7.59. The normalized spacial score (nSPS) is 17.1. The quantitative estimate of drug-likeness (QED) is 0.410. The van der Waals surface area contributed by atoms with Crippen molar-refractivity contribution in [1.29, 1.82) is 0 Å². The molecule has 0 spiro atoms. The van der Waals surface area contributed by atoms with Crippen LogP contribution in [0.5, 0.6) is 5.75 Å². The number of pyridine rings is 1. The first-order chi connectivity index (χ1) is 18.2. The predicted molar refractivity (Wildman–Crippen MR) is 143 cm³/mol. The van der Waals surface area contributed by atoms with Crippen LogP contribution < -0.4 is 15.4 Å². The highest BCUT2D eigenvalue weighted by atomic mass is 32.2. The highest BCUT2D eigenvalue weighted by molar-refractivity contribution is 7.89. The molecule has 38 heavy (non-hydrogen) atoms. The molecule has 0 radical (unpaired) electrons. The van der Waals surface area contributed by atoms with Crippen molar-refractivity contribution in [2.45, 2.75) is 50.3 Å². The largest absolute Gasteiger partial charge is 0.489 e. The van der Waals surface area contributed by atoms with Gasteiger partial charge in [-0.3, -0.25) is 9.78 Å². The first-order valence-electron chi connectivity index (χ1n) is 12.6. The Labute approximate surface area is 223 Å². The number of halogens is 1. The van der Waals surface area contributed by atoms with Gasteiger partial charge in [-0.25, -0.2) is 12.8 Å². The Hall–Kier alpha value is -3.34. The van der Waals surface area contributed by atoms with Crippen LogP contribution in [0.15, 0.2) is 71.9 Å². The van der Waals surface area contributed by atoms with Crippen LogP contribution >= 0.6 is 0 Å². The number of carbonyl (C=O) groups excluding carboxylic acids is 1. The van der Waals surface area contributed by atoms with Crippen LogP contribution in [0.2, 0.25) is 0 Å². The minimum atomic E-state index is -3.64. The Morgan fingerprint density at radius 2 is 1.97 bits per heavy atom. The number of piperazine rings is 1. The Morgan fingerprint density at radius 3 is 2.71 bits per heavy atom. The van der Waals surface area contributed by atoms with Crippen molar-refractivity contribution in [1.82, 2.24) is 19.9 Å². The van der Waals surface area contributed by atoms with Crippen molar-refractivity contribution < 1.29 is 22.3 Å². The number of sulfonamides is 1. The Balaban J connectivity index is 1.44. The van der Waals surface area contributed by atoms with Gasteiger partial charge in [0.25, 0.3) is 0 Å². The summed E-state index contributed by atoms with van der Waals surface area (Å²) in [6.07, 6.45) is 4.18. The minimum absolute atomic E-state index is 0.184. The van der Waals surface area contributed by atoms with E-state index in [0.29, 0.717) is 37.2 Å². The number of amides is 1. The third-order valence-electron chi connectivity index (χ3n) is 6.39. The maximum absolute atomic E-state index is 14.4. The molecule has 0 bridgehead atoms. The van der Waals surface area contributed by atoms with E-state index in [0.717, 1.165) is 11.1 Å². The Kier molecular flexibility index (Phi) is 9.09. The van der Waals surface area contributed by atoms with Gasteiger partial charge in [0.15, 0.2) is 0 Å². The second kappa shape index (κ2) is 12.5. The summed E-state index contributed by atoms with van der Waals surface area (Å²) in [5.74, 6) is -0.245. The SMILES string of the molecule is CC(=O)N[C@@H](Cc1cc(F)cc(OCc2ccncc2)c1)C[C@H]1CN(S(=O)(=O)c2cccc(C)c2)CCN1. The van der Waals surface area contributed by atoms with E-state index >= 15 is 0 Å². The van der Waals surface area contributed by atoms with Crippen molar-refractivity contribution in [2.24, 2.45) is 0 Å². The fourth-order valence-electron chi connectivity index (χ4n) is 4.67. The number of hydrogen-bond donors (Lipinski definition) is 2. The molecule has 1 aliphatic heterocycles. The van der Waals surface area contributed by atoms with E-state index in [1.165, 1.54) is 23.4 Å². The van der Waals surface area contributed by atoms with Crippen molar-refractivity contribution in [3.8, 4) is 5.75 Å². The van der Waals surface area contributed by atoms with Gasteiger partial charge in [0, 0.05) is 57.1 Å². The lowest BCUT2D eigenvalue weighted by molar-refractivity contribution is -0.119. The number of hydrogen-bond acceptors (Lipinski definition) is 6. The van der Waals surface area contributed by atoms with Crippen LogP contribution in [-0.2, 0) is 27.8 Å². The summed E-state index contributed by atoms with van der Waals surface area (Å²) in [4.78, 5) is 16.2. The van der Waals surface area contributed by atoms with E-state index in [9.17, 15) is 17.6 Å². The topological polar surface area (TPSA) is 101 Å². The van der Waals surface area contributed by atoms with Crippen LogP contribution in [0.25, 0.3) is 0 Å². The van der Waals surface area contributed by atoms with Crippen LogP contribution in [0.3, 0.4) is 0 Å². The molecular weight excluding hydrogens is 507 g/mol. The number of ether oxygens (including phenoxy) is 1. The first kappa shape index (κ1) is 27.7. The first-order valence-corrected chi connectivity index (χ1v) is 14.0. The second-order valence-electron chi connectivity index (χ2n) is 9.61. The number of nitrogens with zero attached hydrogens (tertiary/aromatic N) is 2. The Bertz CT molecular complexity index is 1350. The maximum atomic E-state index is 14.4. The van der Waals surface area contributed by atoms with E-state index in [4.69, 9.17) is 4.74 Å². The van der Waals surface area contributed by atoms with E-state index in [-0.39, 0.29) is 36.0 Å². The summed E-state index contributed by atoms with van der Waals surface area (Å²) >= 11 is 0. The molecule has 1 amide bonds. The summed E-state index contributed by atoms with van der Waals surface area (Å²) in [5, 5.41) is 6.32. The van der Waals surface area contributed by atoms with Crippen molar-refractivity contribution in [2.75, 3.05) is 19.6 Å². The van der Waals surface area contributed by atoms with Crippen molar-refractivity contribution in [3.05, 3.63) is 89.5 Å². The van der Waals surface area contributed by atoms with E-state index in [2.05, 4.69) is 15.6 Å². The molecule has 2 atom stereocenters. The van der Waals surface area contributed by atoms with Gasteiger partial charge in [-0.05, 0) is 72.9 Å². The van der Waals surface area contributed by atoms with Crippen molar-refractivity contribution in [3.63, 3.8) is 0 Å². The molecule has 2 aromatic carbocycles. The smallest absolute Gasteiger partial charge is 0.243 e. The van der Waals surface area contributed by atoms with Gasteiger partial charge >= 0.3 is 0 Å². The molecule has 0 unspecified atom stereocenters. The molecule has 1 saturated heterocycles. The zero-order valence-corrected chi connectivity index (χ0v) is 22.4. The number of aryl methyl sites for hydroxylation is 1. The van der Waals surface area contributed by atoms with Crippen LogP contribution in [-0.4, -0.2) is 55.3 Å². The zero-order chi connectivity index (χ0) is 27.1. The van der Waals surface area contributed by atoms with Gasteiger partial charge in [0.2, 0.25) is 15.9 Å². The lowest BCUT2D eigenvalue weighted by Gasteiger charge is -2.35. The summed E-state index contributed by atoms with van der Waals surface area (Å²) in [6.45, 7) is 4.70. The van der Waals surface area contributed by atoms with Gasteiger partial charge in [-0.1, -0.05) is 12.1 Å². The van der Waals surface area contributed by atoms with Gasteiger partial charge in [-0.15, -0.1) is 0 Å². The van der Waals surface area contributed by atoms with E-state index in [1.54, 1.807) is 36.7 Å². The second-order valence-corrected chi connectivity index (χ2v) is 11.5. The van der Waals surface area contributed by atoms with Gasteiger partial charge in [0.1, 0.15) is 18.2 Å². The number of rotatable bonds is 10. The molecule has 10 heteroatoms. The fourth-order valence-corrected chi connectivity index (χ4v) is 6.26. The standard InChI is InChI=1S/C28H33FN4O4S/c1-20-4-3-5-28(12-20)38(35,36)33-11-10-31-26(18-33)17-25(32-21(2)34)14-23-13-24(29)16-27(15-23)37-19-22-6-8-30-9-7-22/h3-9,12-13,15-16,25-26,31H,10-11,14,17-19H2,1-2H3,(H,32,34)/t25-,26-/m0/s1. The number of benzene rings is 2. The monoisotopic (exact) mass is 540 g/mol. The van der Waals surface area contributed by atoms with Gasteiger partial charge < -0.3 is 15.4 Å².